The molecule has 5 N–H and O–H groups in total. The number of nitrogens with zero attached hydrogens (tertiary/aromatic N) is 3. The van der Waals surface area contributed by atoms with E-state index in [4.69, 9.17) is 20.9 Å². The second-order valence-corrected chi connectivity index (χ2v) is 18.8. The zero-order valence-electron chi connectivity index (χ0n) is 39.5. The van der Waals surface area contributed by atoms with Crippen molar-refractivity contribution in [2.75, 3.05) is 30.4 Å². The topological polar surface area (TPSA) is 164 Å². The molecule has 0 fully saturated rings. The zero-order valence-corrected chi connectivity index (χ0v) is 40.3. The molecule has 1 aromatic carbocycles. The van der Waals surface area contributed by atoms with Gasteiger partial charge >= 0.3 is 11.9 Å². The van der Waals surface area contributed by atoms with Crippen LogP contribution in [0.1, 0.15) is 200 Å². The maximum absolute atomic E-state index is 12.9. The normalized spacial score (nSPS) is 12.5. The van der Waals surface area contributed by atoms with Crippen LogP contribution < -0.4 is 16.8 Å². The number of benzene rings is 1. The maximum atomic E-state index is 12.9. The highest BCUT2D eigenvalue weighted by atomic mass is 32.2. The summed E-state index contributed by atoms with van der Waals surface area (Å²) in [5.41, 5.74) is 14.9. The van der Waals surface area contributed by atoms with E-state index in [2.05, 4.69) is 29.1 Å². The summed E-state index contributed by atoms with van der Waals surface area (Å²) in [4.78, 5) is 47.5. The predicted octanol–water partition coefficient (Wildman–Crippen LogP) is 12.2. The fourth-order valence-corrected chi connectivity index (χ4v) is 9.13. The number of para-hydroxylation sites is 1. The molecule has 3 rings (SSSR count). The molecule has 12 heteroatoms. The van der Waals surface area contributed by atoms with Crippen molar-refractivity contribution in [2.45, 2.75) is 219 Å². The number of imidazole rings is 1. The number of carbonyl (C=O) groups is 3. The van der Waals surface area contributed by atoms with E-state index < -0.39 is 12.1 Å². The average molecular weight is 895 g/mol. The summed E-state index contributed by atoms with van der Waals surface area (Å²) in [7, 11) is 0. The molecular weight excluding hydrogens is 809 g/mol. The monoisotopic (exact) mass is 895 g/mol. The number of hydrogen-bond acceptors (Lipinski definition) is 10. The number of aryl methyl sites for hydroxylation is 1. The number of aromatic nitrogens is 3. The van der Waals surface area contributed by atoms with E-state index in [1.807, 2.05) is 28.8 Å². The van der Waals surface area contributed by atoms with Crippen LogP contribution in [0.5, 0.6) is 0 Å². The Labute approximate surface area is 385 Å². The number of carbonyl (C=O) groups excluding carboxylic acids is 3. The van der Waals surface area contributed by atoms with E-state index in [1.165, 1.54) is 140 Å². The number of rotatable bonds is 40. The van der Waals surface area contributed by atoms with Gasteiger partial charge in [-0.25, -0.2) is 9.97 Å². The molecule has 1 amide bonds. The van der Waals surface area contributed by atoms with Crippen molar-refractivity contribution >= 4 is 57.4 Å². The number of thioether (sulfide) groups is 1. The maximum Gasteiger partial charge on any atom is 0.306 e. The van der Waals surface area contributed by atoms with Gasteiger partial charge in [-0.2, -0.15) is 11.8 Å². The first-order valence-corrected chi connectivity index (χ1v) is 26.4. The lowest BCUT2D eigenvalue weighted by molar-refractivity contribution is -0.157. The zero-order chi connectivity index (χ0) is 45.2. The summed E-state index contributed by atoms with van der Waals surface area (Å²) in [6.07, 6.45) is 34.9. The fraction of sp³-hybridized carbons (Fsp3) is 0.745. The van der Waals surface area contributed by atoms with Gasteiger partial charge in [-0.1, -0.05) is 186 Å². The van der Waals surface area contributed by atoms with Gasteiger partial charge in [-0.15, -0.1) is 0 Å². The van der Waals surface area contributed by atoms with Gasteiger partial charge in [-0.05, 0) is 25.3 Å². The summed E-state index contributed by atoms with van der Waals surface area (Å²) in [6.45, 7) is 5.62. The molecule has 3 aromatic rings. The molecule has 2 atom stereocenters. The summed E-state index contributed by atoms with van der Waals surface area (Å²) in [5, 5.41) is 3.94. The van der Waals surface area contributed by atoms with Crippen molar-refractivity contribution in [3.8, 4) is 0 Å². The van der Waals surface area contributed by atoms with Crippen LogP contribution in [0.3, 0.4) is 0 Å². The van der Waals surface area contributed by atoms with Crippen LogP contribution >= 0.6 is 11.8 Å². The molecule has 11 nitrogen and oxygen atoms in total. The van der Waals surface area contributed by atoms with Gasteiger partial charge in [0, 0.05) is 42.8 Å². The summed E-state index contributed by atoms with van der Waals surface area (Å²) in [5.74, 6) is 0.364. The minimum absolute atomic E-state index is 0.00991. The molecule has 0 bridgehead atoms. The molecule has 2 aromatic heterocycles. The SMILES string of the molecule is CCCCCCCCCCCCCCCC(=O)OC[C@H](CSCC(N)C(=O)NCCCn1cnc2c(N)nc3ccccc3c21)OC(=O)CCCCCCCCCCCCCCC. The average Bonchev–Trinajstić information content (AvgIpc) is 3.72. The largest absolute Gasteiger partial charge is 0.462 e. The van der Waals surface area contributed by atoms with Gasteiger partial charge in [0.2, 0.25) is 5.91 Å². The van der Waals surface area contributed by atoms with Crippen LogP contribution in [0, 0.1) is 0 Å². The Bertz CT molecular complexity index is 1670. The highest BCUT2D eigenvalue weighted by molar-refractivity contribution is 7.99. The van der Waals surface area contributed by atoms with Crippen LogP contribution in [0.2, 0.25) is 0 Å². The van der Waals surface area contributed by atoms with Gasteiger partial charge in [0.15, 0.2) is 5.82 Å². The van der Waals surface area contributed by atoms with E-state index in [0.717, 1.165) is 54.9 Å². The minimum Gasteiger partial charge on any atom is -0.462 e. The Morgan fingerprint density at radius 2 is 1.19 bits per heavy atom. The third-order valence-electron chi connectivity index (χ3n) is 12.0. The Morgan fingerprint density at radius 3 is 1.75 bits per heavy atom. The molecule has 0 radical (unpaired) electrons. The number of unbranched alkanes of at least 4 members (excludes halogenated alkanes) is 24. The quantitative estimate of drug-likeness (QED) is 0.0370. The smallest absolute Gasteiger partial charge is 0.306 e. The Hall–Kier alpha value is -3.38. The Morgan fingerprint density at radius 1 is 0.683 bits per heavy atom. The third-order valence-corrected chi connectivity index (χ3v) is 13.2. The highest BCUT2D eigenvalue weighted by Crippen LogP contribution is 2.27. The number of pyridine rings is 1. The van der Waals surface area contributed by atoms with Crippen molar-refractivity contribution in [2.24, 2.45) is 5.73 Å². The van der Waals surface area contributed by atoms with Crippen molar-refractivity contribution in [3.05, 3.63) is 30.6 Å². The number of amides is 1. The van der Waals surface area contributed by atoms with E-state index in [0.29, 0.717) is 55.2 Å². The Balaban J connectivity index is 1.34. The van der Waals surface area contributed by atoms with Crippen molar-refractivity contribution in [3.63, 3.8) is 0 Å². The summed E-state index contributed by atoms with van der Waals surface area (Å²) < 4.78 is 13.5. The highest BCUT2D eigenvalue weighted by Gasteiger charge is 2.20. The minimum atomic E-state index is -0.737. The number of nitrogens with two attached hydrogens (primary N) is 2. The molecule has 0 saturated carbocycles. The van der Waals surface area contributed by atoms with E-state index in [9.17, 15) is 14.4 Å². The molecule has 0 aliphatic rings. The Kier molecular flexibility index (Phi) is 29.9. The number of hydrogen-bond donors (Lipinski definition) is 3. The summed E-state index contributed by atoms with van der Waals surface area (Å²) >= 11 is 1.43. The molecule has 0 aliphatic carbocycles. The van der Waals surface area contributed by atoms with Gasteiger partial charge in [0.25, 0.3) is 0 Å². The second kappa shape index (κ2) is 35.0. The molecule has 356 valence electrons. The number of nitrogen functional groups attached to an aromatic ring is 1. The van der Waals surface area contributed by atoms with Crippen LogP contribution in [0.25, 0.3) is 21.9 Å². The molecule has 0 spiro atoms. The number of fused-ring (bicyclic) bond motifs is 3. The van der Waals surface area contributed by atoms with E-state index in [1.54, 1.807) is 6.33 Å². The fourth-order valence-electron chi connectivity index (χ4n) is 8.16. The second-order valence-electron chi connectivity index (χ2n) is 17.7. The van der Waals surface area contributed by atoms with E-state index >= 15 is 0 Å². The lowest BCUT2D eigenvalue weighted by Gasteiger charge is -2.19. The molecule has 63 heavy (non-hydrogen) atoms. The van der Waals surface area contributed by atoms with Crippen molar-refractivity contribution < 1.29 is 23.9 Å². The van der Waals surface area contributed by atoms with Gasteiger partial charge in [-0.3, -0.25) is 14.4 Å². The van der Waals surface area contributed by atoms with Gasteiger partial charge in [0.05, 0.1) is 23.4 Å². The number of anilines is 1. The van der Waals surface area contributed by atoms with Crippen LogP contribution in [-0.2, 0) is 30.4 Å². The lowest BCUT2D eigenvalue weighted by Crippen LogP contribution is -2.43. The number of ether oxygens (including phenoxy) is 2. The molecule has 1 unspecified atom stereocenters. The first-order chi connectivity index (χ1) is 30.8. The molecular formula is C51H86N6O5S. The predicted molar refractivity (Wildman–Crippen MR) is 264 cm³/mol. The van der Waals surface area contributed by atoms with Crippen LogP contribution in [0.4, 0.5) is 5.82 Å². The lowest BCUT2D eigenvalue weighted by atomic mass is 10.0. The van der Waals surface area contributed by atoms with Gasteiger partial charge in [0.1, 0.15) is 18.2 Å². The summed E-state index contributed by atoms with van der Waals surface area (Å²) in [6, 6.07) is 7.11. The van der Waals surface area contributed by atoms with Crippen LogP contribution in [-0.4, -0.2) is 69.2 Å². The standard InChI is InChI=1S/C51H86N6O5S/c1-3-5-7-9-11-13-15-17-19-21-23-25-27-34-46(58)61-38-42(62-47(59)35-28-26-24-22-20-18-16-14-12-10-8-6-4-2)39-63-40-44(52)51(60)54-36-31-37-57-41-55-48-49(57)43-32-29-30-33-45(43)56-50(48)53/h29-30,32-33,41-42,44H,3-28,31,34-40,52H2,1-2H3,(H2,53,56)(H,54,60)/t42-,44?/m1/s1. The van der Waals surface area contributed by atoms with Crippen molar-refractivity contribution in [1.82, 2.24) is 19.9 Å². The first kappa shape index (κ1) is 54.0. The molecule has 2 heterocycles. The van der Waals surface area contributed by atoms with E-state index in [-0.39, 0.29) is 24.5 Å². The number of nitrogens with one attached hydrogen (secondary N) is 1. The van der Waals surface area contributed by atoms with Gasteiger partial charge < -0.3 is 30.8 Å². The van der Waals surface area contributed by atoms with Crippen LogP contribution in [0.15, 0.2) is 30.6 Å². The molecule has 0 aliphatic heterocycles. The first-order valence-electron chi connectivity index (χ1n) is 25.3. The van der Waals surface area contributed by atoms with Crippen molar-refractivity contribution in [1.29, 1.82) is 0 Å². The molecule has 0 saturated heterocycles. The number of esters is 2. The third kappa shape index (κ3) is 23.9.